The van der Waals surface area contributed by atoms with E-state index in [0.29, 0.717) is 0 Å². The minimum absolute atomic E-state index is 0.236. The lowest BCUT2D eigenvalue weighted by Crippen LogP contribution is -2.54. The van der Waals surface area contributed by atoms with Crippen LogP contribution in [0.1, 0.15) is 45.4 Å². The molecular weight excluding hydrogens is 210 g/mol. The molecule has 1 aliphatic rings. The molecule has 3 nitrogen and oxygen atoms in total. The third-order valence-electron chi connectivity index (χ3n) is 4.21. The van der Waals surface area contributed by atoms with Crippen LogP contribution in [0.25, 0.3) is 0 Å². The first-order valence-electron chi connectivity index (χ1n) is 7.21. The Hall–Kier alpha value is -0.120. The molecule has 0 radical (unpaired) electrons. The van der Waals surface area contributed by atoms with Crippen molar-refractivity contribution < 1.29 is 0 Å². The van der Waals surface area contributed by atoms with Crippen molar-refractivity contribution in [1.82, 2.24) is 10.2 Å². The zero-order valence-electron chi connectivity index (χ0n) is 12.0. The predicted molar refractivity (Wildman–Crippen MR) is 75.2 cm³/mol. The summed E-state index contributed by atoms with van der Waals surface area (Å²) in [5, 5.41) is 3.71. The SMILES string of the molecule is CCCC1CCC(CN)(NCCN(C)C)CC1. The second kappa shape index (κ2) is 7.34. The van der Waals surface area contributed by atoms with Crippen LogP contribution in [0.15, 0.2) is 0 Å². The van der Waals surface area contributed by atoms with E-state index in [2.05, 4.69) is 31.2 Å². The number of nitrogens with two attached hydrogens (primary N) is 1. The van der Waals surface area contributed by atoms with E-state index in [1.54, 1.807) is 0 Å². The lowest BCUT2D eigenvalue weighted by molar-refractivity contribution is 0.183. The lowest BCUT2D eigenvalue weighted by Gasteiger charge is -2.40. The van der Waals surface area contributed by atoms with Crippen LogP contribution in [0.4, 0.5) is 0 Å². The Balaban J connectivity index is 2.33. The second-order valence-electron chi connectivity index (χ2n) is 5.95. The molecule has 0 spiro atoms. The quantitative estimate of drug-likeness (QED) is 0.714. The molecule has 0 aliphatic heterocycles. The Bertz CT molecular complexity index is 196. The summed E-state index contributed by atoms with van der Waals surface area (Å²) in [6.07, 6.45) is 7.98. The van der Waals surface area contributed by atoms with Gasteiger partial charge in [0, 0.05) is 25.2 Å². The van der Waals surface area contributed by atoms with Crippen LogP contribution in [0.3, 0.4) is 0 Å². The van der Waals surface area contributed by atoms with Crippen LogP contribution in [-0.4, -0.2) is 44.2 Å². The smallest absolute Gasteiger partial charge is 0.0304 e. The van der Waals surface area contributed by atoms with Crippen molar-refractivity contribution in [3.05, 3.63) is 0 Å². The average molecular weight is 241 g/mol. The minimum atomic E-state index is 0.236. The van der Waals surface area contributed by atoms with Crippen molar-refractivity contribution >= 4 is 0 Å². The first kappa shape index (κ1) is 14.9. The number of rotatable bonds is 7. The molecule has 102 valence electrons. The fourth-order valence-corrected chi connectivity index (χ4v) is 2.92. The van der Waals surface area contributed by atoms with E-state index in [9.17, 15) is 0 Å². The van der Waals surface area contributed by atoms with E-state index in [4.69, 9.17) is 5.73 Å². The predicted octanol–water partition coefficient (Wildman–Crippen LogP) is 1.83. The fourth-order valence-electron chi connectivity index (χ4n) is 2.92. The fraction of sp³-hybridized carbons (Fsp3) is 1.00. The molecule has 0 aromatic carbocycles. The maximum absolute atomic E-state index is 6.00. The minimum Gasteiger partial charge on any atom is -0.329 e. The van der Waals surface area contributed by atoms with E-state index in [0.717, 1.165) is 25.6 Å². The van der Waals surface area contributed by atoms with E-state index in [1.165, 1.54) is 38.5 Å². The van der Waals surface area contributed by atoms with Gasteiger partial charge in [-0.25, -0.2) is 0 Å². The van der Waals surface area contributed by atoms with Gasteiger partial charge in [-0.05, 0) is 45.7 Å². The van der Waals surface area contributed by atoms with Gasteiger partial charge in [0.2, 0.25) is 0 Å². The zero-order chi connectivity index (χ0) is 12.7. The van der Waals surface area contributed by atoms with E-state index in [1.807, 2.05) is 0 Å². The number of hydrogen-bond acceptors (Lipinski definition) is 3. The second-order valence-corrected chi connectivity index (χ2v) is 5.95. The van der Waals surface area contributed by atoms with E-state index >= 15 is 0 Å². The summed E-state index contributed by atoms with van der Waals surface area (Å²) < 4.78 is 0. The van der Waals surface area contributed by atoms with Crippen LogP contribution in [0, 0.1) is 5.92 Å². The largest absolute Gasteiger partial charge is 0.329 e. The highest BCUT2D eigenvalue weighted by Crippen LogP contribution is 2.33. The van der Waals surface area contributed by atoms with Crippen molar-refractivity contribution in [3.63, 3.8) is 0 Å². The summed E-state index contributed by atoms with van der Waals surface area (Å²) in [6.45, 7) is 5.24. The van der Waals surface area contributed by atoms with Crippen LogP contribution in [0.5, 0.6) is 0 Å². The van der Waals surface area contributed by atoms with Gasteiger partial charge in [0.05, 0.1) is 0 Å². The monoisotopic (exact) mass is 241 g/mol. The van der Waals surface area contributed by atoms with Crippen LogP contribution in [0.2, 0.25) is 0 Å². The maximum Gasteiger partial charge on any atom is 0.0304 e. The number of hydrogen-bond donors (Lipinski definition) is 2. The first-order valence-corrected chi connectivity index (χ1v) is 7.21. The molecule has 0 unspecified atom stereocenters. The topological polar surface area (TPSA) is 41.3 Å². The molecule has 0 saturated heterocycles. The number of likely N-dealkylation sites (N-methyl/N-ethyl adjacent to an activating group) is 1. The summed E-state index contributed by atoms with van der Waals surface area (Å²) in [7, 11) is 4.24. The van der Waals surface area contributed by atoms with Crippen molar-refractivity contribution in [2.24, 2.45) is 11.7 Å². The summed E-state index contributed by atoms with van der Waals surface area (Å²) in [6, 6.07) is 0. The van der Waals surface area contributed by atoms with Gasteiger partial charge in [-0.15, -0.1) is 0 Å². The standard InChI is InChI=1S/C14H31N3/c1-4-5-13-6-8-14(12-15,9-7-13)16-10-11-17(2)3/h13,16H,4-12,15H2,1-3H3. The van der Waals surface area contributed by atoms with Crippen molar-refractivity contribution in [2.75, 3.05) is 33.7 Å². The van der Waals surface area contributed by atoms with Gasteiger partial charge in [-0.1, -0.05) is 19.8 Å². The van der Waals surface area contributed by atoms with Gasteiger partial charge < -0.3 is 16.0 Å². The summed E-state index contributed by atoms with van der Waals surface area (Å²) in [4.78, 5) is 2.22. The lowest BCUT2D eigenvalue weighted by atomic mass is 9.75. The third-order valence-corrected chi connectivity index (χ3v) is 4.21. The van der Waals surface area contributed by atoms with Crippen LogP contribution < -0.4 is 11.1 Å². The van der Waals surface area contributed by atoms with Gasteiger partial charge in [0.15, 0.2) is 0 Å². The van der Waals surface area contributed by atoms with Gasteiger partial charge in [-0.3, -0.25) is 0 Å². The highest BCUT2D eigenvalue weighted by atomic mass is 15.1. The third kappa shape index (κ3) is 4.94. The summed E-state index contributed by atoms with van der Waals surface area (Å²) >= 11 is 0. The maximum atomic E-state index is 6.00. The zero-order valence-corrected chi connectivity index (χ0v) is 12.0. The van der Waals surface area contributed by atoms with Gasteiger partial charge in [-0.2, -0.15) is 0 Å². The molecule has 0 heterocycles. The number of nitrogens with one attached hydrogen (secondary N) is 1. The molecule has 1 fully saturated rings. The highest BCUT2D eigenvalue weighted by Gasteiger charge is 2.33. The van der Waals surface area contributed by atoms with E-state index in [-0.39, 0.29) is 5.54 Å². The molecule has 0 aromatic rings. The molecule has 1 saturated carbocycles. The Labute approximate surface area is 107 Å². The molecule has 1 aliphatic carbocycles. The Kier molecular flexibility index (Phi) is 6.45. The average Bonchev–Trinajstić information content (AvgIpc) is 2.31. The molecule has 3 heteroatoms. The van der Waals surface area contributed by atoms with Crippen LogP contribution in [-0.2, 0) is 0 Å². The molecule has 1 rings (SSSR count). The summed E-state index contributed by atoms with van der Waals surface area (Å²) in [5.74, 6) is 0.954. The first-order chi connectivity index (χ1) is 8.12. The van der Waals surface area contributed by atoms with Gasteiger partial charge >= 0.3 is 0 Å². The normalized spacial score (nSPS) is 29.8. The van der Waals surface area contributed by atoms with Crippen molar-refractivity contribution in [2.45, 2.75) is 51.0 Å². The molecule has 0 bridgehead atoms. The molecule has 0 aromatic heterocycles. The van der Waals surface area contributed by atoms with Crippen LogP contribution >= 0.6 is 0 Å². The Morgan fingerprint density at radius 1 is 1.29 bits per heavy atom. The Morgan fingerprint density at radius 3 is 2.41 bits per heavy atom. The Morgan fingerprint density at radius 2 is 1.94 bits per heavy atom. The molecular formula is C14H31N3. The van der Waals surface area contributed by atoms with Gasteiger partial charge in [0.25, 0.3) is 0 Å². The molecule has 0 atom stereocenters. The molecule has 17 heavy (non-hydrogen) atoms. The van der Waals surface area contributed by atoms with E-state index < -0.39 is 0 Å². The number of nitrogens with zero attached hydrogens (tertiary/aromatic N) is 1. The summed E-state index contributed by atoms with van der Waals surface area (Å²) in [5.41, 5.74) is 6.23. The van der Waals surface area contributed by atoms with Gasteiger partial charge in [0.1, 0.15) is 0 Å². The van der Waals surface area contributed by atoms with Crippen molar-refractivity contribution in [1.29, 1.82) is 0 Å². The molecule has 0 amide bonds. The highest BCUT2D eigenvalue weighted by molar-refractivity contribution is 4.93. The van der Waals surface area contributed by atoms with Crippen molar-refractivity contribution in [3.8, 4) is 0 Å². The molecule has 3 N–H and O–H groups in total.